The van der Waals surface area contributed by atoms with Crippen LogP contribution in [0.4, 0.5) is 0 Å². The van der Waals surface area contributed by atoms with Gasteiger partial charge >= 0.3 is 0 Å². The molecule has 103 heavy (non-hydrogen) atoms. The van der Waals surface area contributed by atoms with Gasteiger partial charge < -0.3 is 52.8 Å². The summed E-state index contributed by atoms with van der Waals surface area (Å²) >= 11 is 36.3. The molecule has 6 N–H and O–H groups in total. The number of aliphatic hydroxyl groups excluding tert-OH is 2. The summed E-state index contributed by atoms with van der Waals surface area (Å²) in [5, 5.41) is 37.8. The van der Waals surface area contributed by atoms with Gasteiger partial charge in [-0.15, -0.1) is 0 Å². The highest BCUT2D eigenvalue weighted by Gasteiger charge is 2.37. The third-order valence-electron chi connectivity index (χ3n) is 19.4. The lowest BCUT2D eigenvalue weighted by Gasteiger charge is -2.40. The quantitative estimate of drug-likeness (QED) is 0.0377. The van der Waals surface area contributed by atoms with Gasteiger partial charge in [-0.25, -0.2) is 11.0 Å². The average Bonchev–Trinajstić information content (AvgIpc) is 1.49. The molecule has 4 aromatic carbocycles. The Morgan fingerprint density at radius 3 is 1.47 bits per heavy atom. The van der Waals surface area contributed by atoms with E-state index < -0.39 is 25.0 Å². The summed E-state index contributed by atoms with van der Waals surface area (Å²) in [6.07, 6.45) is 7.86. The summed E-state index contributed by atoms with van der Waals surface area (Å²) in [5.41, 5.74) is 15.8. The number of rotatable bonds is 12. The largest absolute Gasteiger partial charge is 0.496 e. The van der Waals surface area contributed by atoms with E-state index in [1.54, 1.807) is 103 Å². The van der Waals surface area contributed by atoms with Crippen molar-refractivity contribution in [2.24, 2.45) is 21.1 Å². The van der Waals surface area contributed by atoms with Crippen LogP contribution >= 0.6 is 69.6 Å². The van der Waals surface area contributed by atoms with Crippen molar-refractivity contribution >= 4 is 117 Å². The van der Waals surface area contributed by atoms with Gasteiger partial charge in [-0.05, 0) is 163 Å². The van der Waals surface area contributed by atoms with Gasteiger partial charge in [-0.3, -0.25) is 48.8 Å². The van der Waals surface area contributed by atoms with E-state index in [0.29, 0.717) is 153 Å². The summed E-state index contributed by atoms with van der Waals surface area (Å²) in [7, 11) is 6.60. The van der Waals surface area contributed by atoms with Gasteiger partial charge in [-0.2, -0.15) is 0 Å². The molecular formula is C74H78Cl6N10O13. The van der Waals surface area contributed by atoms with Crippen molar-refractivity contribution in [3.05, 3.63) is 223 Å². The molecule has 544 valence electrons. The first-order chi connectivity index (χ1) is 49.0. The second kappa shape index (κ2) is 32.7. The lowest BCUT2D eigenvalue weighted by molar-refractivity contribution is 0.0673. The molecule has 1 fully saturated rings. The van der Waals surface area contributed by atoms with E-state index >= 15 is 0 Å². The molecule has 4 aliphatic heterocycles. The van der Waals surface area contributed by atoms with Gasteiger partial charge in [0.15, 0.2) is 11.6 Å². The van der Waals surface area contributed by atoms with E-state index in [0.717, 1.165) is 75.9 Å². The van der Waals surface area contributed by atoms with Gasteiger partial charge in [0.05, 0.1) is 22.2 Å². The molecule has 8 aromatic rings. The number of Topliss-reactive ketones (excluding diaryl/α,β-unsaturated/α-hetero) is 2. The molecule has 13 rings (SSSR count). The highest BCUT2D eigenvalue weighted by Crippen LogP contribution is 2.39. The van der Waals surface area contributed by atoms with Crippen molar-refractivity contribution in [1.29, 1.82) is 0 Å². The number of aromatic nitrogens is 4. The number of hydroxylamine groups is 2. The predicted molar refractivity (Wildman–Crippen MR) is 390 cm³/mol. The van der Waals surface area contributed by atoms with E-state index in [1.165, 1.54) is 18.7 Å². The number of aryl methyl sites for hydroxylation is 2. The number of benzene rings is 4. The maximum Gasteiger partial charge on any atom is 0.274 e. The summed E-state index contributed by atoms with van der Waals surface area (Å²) in [6.45, 7) is 9.10. The summed E-state index contributed by atoms with van der Waals surface area (Å²) in [6, 6.07) is 26.7. The van der Waals surface area contributed by atoms with E-state index in [-0.39, 0.29) is 40.6 Å². The first-order valence-electron chi connectivity index (χ1n) is 33.1. The lowest BCUT2D eigenvalue weighted by atomic mass is 9.77. The van der Waals surface area contributed by atoms with Gasteiger partial charge in [-0.1, -0.05) is 108 Å². The number of fused-ring (bicyclic) bond motifs is 4. The molecule has 23 nitrogen and oxygen atoms in total. The Balaban J connectivity index is 0.000000148. The number of carbonyl (C=O) groups excluding carboxylic acids is 8. The smallest absolute Gasteiger partial charge is 0.274 e. The molecule has 0 atom stereocenters. The third kappa shape index (κ3) is 16.7. The summed E-state index contributed by atoms with van der Waals surface area (Å²) in [5.74, 6) is -1.61. The number of nitrogens with one attached hydrogen (secondary N) is 2. The standard InChI is InChI=1S/2C19H20Cl2N2O3.C19H21N3O3.C17H17Cl2N3O4/c1-19(2)10-23(18(26)15-7-14(20)17(21)22(15)3)8-12-5-4-11(6-13(12)19)16(25)9-24;1-22-16(10-15(20)18(22)21)19(26)23-7-2-3-12-4-5-14(17(25)11-24)9-13(12)6-8-23;1-12-9-14(18(23)20-25)10-13-6-8-21(11-16(12)13)19(24)17-3-2-7-22(17)15-4-5-15;1-21-13(7-12(18)15(21)19)17(24)22-4-3-9-5-10(16(23)20-25)6-14(26-2)11(9)8-22/h4-7,24H,8-10H2,1-3H3;4-5,9-10,24H,2-3,6-8,11H2,1H3;2-3,7,9-10,15,25H,4-6,8,11H2,1H3,(H,20,23);5-7,25H,3-4,8H2,1-2H3,(H,20,23). The Bertz CT molecular complexity index is 4650. The van der Waals surface area contributed by atoms with Crippen LogP contribution in [-0.2, 0) is 71.9 Å². The normalized spacial score (nSPS) is 15.0. The highest BCUT2D eigenvalue weighted by atomic mass is 35.5. The van der Waals surface area contributed by atoms with Crippen molar-refractivity contribution < 1.29 is 63.7 Å². The van der Waals surface area contributed by atoms with Crippen molar-refractivity contribution in [1.82, 2.24) is 48.8 Å². The topological polar surface area (TPSA) is 283 Å². The van der Waals surface area contributed by atoms with Gasteiger partial charge in [0.1, 0.15) is 57.2 Å². The number of aliphatic hydroxyl groups is 2. The van der Waals surface area contributed by atoms with Crippen LogP contribution in [-0.4, -0.2) is 159 Å². The molecule has 8 heterocycles. The fourth-order valence-corrected chi connectivity index (χ4v) is 14.7. The first kappa shape index (κ1) is 77.2. The molecule has 0 radical (unpaired) electrons. The highest BCUT2D eigenvalue weighted by molar-refractivity contribution is 6.43. The van der Waals surface area contributed by atoms with E-state index in [9.17, 15) is 38.4 Å². The minimum atomic E-state index is -0.613. The van der Waals surface area contributed by atoms with Crippen LogP contribution in [0.2, 0.25) is 30.5 Å². The van der Waals surface area contributed by atoms with Crippen LogP contribution in [0, 0.1) is 6.92 Å². The maximum atomic E-state index is 13.0. The fraction of sp³-hybridized carbons (Fsp3) is 0.351. The maximum absolute atomic E-state index is 13.0. The van der Waals surface area contributed by atoms with Crippen LogP contribution in [0.25, 0.3) is 0 Å². The number of carbonyl (C=O) groups is 8. The Kier molecular flexibility index (Phi) is 24.5. The Labute approximate surface area is 624 Å². The van der Waals surface area contributed by atoms with Crippen molar-refractivity contribution in [2.45, 2.75) is 96.8 Å². The molecule has 6 amide bonds. The van der Waals surface area contributed by atoms with Gasteiger partial charge in [0, 0.05) is 119 Å². The molecule has 4 aromatic heterocycles. The molecule has 0 spiro atoms. The molecule has 1 saturated carbocycles. The molecule has 0 unspecified atom stereocenters. The minimum absolute atomic E-state index is 0.0686. The number of ketones is 2. The Hall–Kier alpha value is -8.46. The van der Waals surface area contributed by atoms with E-state index in [1.807, 2.05) is 74.3 Å². The van der Waals surface area contributed by atoms with Crippen molar-refractivity contribution in [3.8, 4) is 5.75 Å². The third-order valence-corrected chi connectivity index (χ3v) is 21.9. The van der Waals surface area contributed by atoms with E-state index in [4.69, 9.17) is 95.0 Å². The van der Waals surface area contributed by atoms with Crippen molar-refractivity contribution in [2.75, 3.05) is 53.0 Å². The number of hydrogen-bond acceptors (Lipinski definition) is 13. The molecule has 0 bridgehead atoms. The monoisotopic (exact) mass is 1520 g/mol. The number of amides is 6. The lowest BCUT2D eigenvalue weighted by Crippen LogP contribution is -2.45. The molecular weight excluding hydrogens is 1450 g/mol. The predicted octanol–water partition coefficient (Wildman–Crippen LogP) is 11.7. The Morgan fingerprint density at radius 1 is 0.505 bits per heavy atom. The van der Waals surface area contributed by atoms with Crippen LogP contribution in [0.5, 0.6) is 5.75 Å². The zero-order valence-corrected chi connectivity index (χ0v) is 62.2. The minimum Gasteiger partial charge on any atom is -0.496 e. The SMILES string of the molecule is COc1cc(C(=O)NO)cc2c1CN(C(=O)c1cc(Cl)c(Cl)n1C)CC2.Cc1cc(C(=O)NO)cc2c1CN(C(=O)c1cccn1C1CC1)CC2.Cn1c(C(=O)N2CCCc3ccc(C(=O)CO)cc3CC2)cc(Cl)c1Cl.Cn1c(C(=O)N2Cc3ccc(C(=O)CO)cc3C(C)(C)C2)cc(Cl)c1Cl. The molecule has 1 aliphatic carbocycles. The van der Waals surface area contributed by atoms with E-state index in [2.05, 4.69) is 4.57 Å². The van der Waals surface area contributed by atoms with Gasteiger partial charge in [0.25, 0.3) is 35.4 Å². The first-order valence-corrected chi connectivity index (χ1v) is 35.4. The van der Waals surface area contributed by atoms with Gasteiger partial charge in [0.2, 0.25) is 0 Å². The molecule has 5 aliphatic rings. The number of methoxy groups -OCH3 is 1. The average molecular weight is 1530 g/mol. The fourth-order valence-electron chi connectivity index (χ4n) is 13.5. The van der Waals surface area contributed by atoms with Crippen LogP contribution in [0.15, 0.2) is 97.2 Å². The second-order valence-corrected chi connectivity index (χ2v) is 28.8. The summed E-state index contributed by atoms with van der Waals surface area (Å²) in [4.78, 5) is 106. The number of ether oxygens (including phenoxy) is 1. The second-order valence-electron chi connectivity index (χ2n) is 26.5. The van der Waals surface area contributed by atoms with Crippen LogP contribution in [0.1, 0.15) is 173 Å². The van der Waals surface area contributed by atoms with Crippen molar-refractivity contribution in [3.63, 3.8) is 0 Å². The summed E-state index contributed by atoms with van der Waals surface area (Å²) < 4.78 is 12.2. The zero-order valence-electron chi connectivity index (χ0n) is 57.6. The number of halogens is 6. The molecule has 0 saturated heterocycles. The van der Waals surface area contributed by atoms with Crippen LogP contribution in [0.3, 0.4) is 0 Å². The zero-order chi connectivity index (χ0) is 74.6. The van der Waals surface area contributed by atoms with Crippen LogP contribution < -0.4 is 15.7 Å². The number of hydrogen-bond donors (Lipinski definition) is 6. The Morgan fingerprint density at radius 2 is 0.961 bits per heavy atom. The number of nitrogens with zero attached hydrogens (tertiary/aromatic N) is 8. The molecule has 29 heteroatoms.